The highest BCUT2D eigenvalue weighted by molar-refractivity contribution is 5.78. The van der Waals surface area contributed by atoms with E-state index in [1.165, 1.54) is 38.5 Å². The van der Waals surface area contributed by atoms with Crippen LogP contribution in [0, 0.1) is 40.9 Å². The number of ketones is 1. The lowest BCUT2D eigenvalue weighted by Crippen LogP contribution is -2.52. The first kappa shape index (κ1) is 17.1. The third-order valence-corrected chi connectivity index (χ3v) is 8.87. The van der Waals surface area contributed by atoms with Crippen molar-refractivity contribution in [2.24, 2.45) is 40.9 Å². The number of Topliss-reactive ketones (excluding diaryl/α,β-unsaturated/α-hetero) is 1. The van der Waals surface area contributed by atoms with Gasteiger partial charge in [0, 0.05) is 5.92 Å². The van der Waals surface area contributed by atoms with Gasteiger partial charge in [-0.05, 0) is 113 Å². The maximum Gasteiger partial charge on any atom is 0.132 e. The molecule has 0 spiro atoms. The van der Waals surface area contributed by atoms with Crippen LogP contribution in [0.2, 0.25) is 0 Å². The molecule has 4 fully saturated rings. The Morgan fingerprint density at radius 1 is 0.875 bits per heavy atom. The molecule has 0 aromatic heterocycles. The van der Waals surface area contributed by atoms with Crippen LogP contribution in [0.5, 0.6) is 0 Å². The van der Waals surface area contributed by atoms with Gasteiger partial charge < -0.3 is 5.11 Å². The number of fused-ring (bicyclic) bond motifs is 5. The molecule has 0 saturated heterocycles. The normalized spacial score (nSPS) is 54.3. The highest BCUT2D eigenvalue weighted by Crippen LogP contribution is 2.62. The SMILES string of the molecule is CC(=O)[C@H]1CC[C@H]2[C@@H]3CC[C@@H]4C[C@](C)(O)CC[C@@H]4[C@H]3CC[C@]2(C)C1. The van der Waals surface area contributed by atoms with Crippen molar-refractivity contribution in [3.8, 4) is 0 Å². The molecule has 4 aliphatic rings. The first-order chi connectivity index (χ1) is 11.3. The van der Waals surface area contributed by atoms with Gasteiger partial charge in [-0.2, -0.15) is 0 Å². The number of hydrogen-bond donors (Lipinski definition) is 1. The Bertz CT molecular complexity index is 510. The third-order valence-electron chi connectivity index (χ3n) is 8.87. The Hall–Kier alpha value is -0.370. The Balaban J connectivity index is 1.51. The summed E-state index contributed by atoms with van der Waals surface area (Å²) in [6.07, 6.45) is 12.3. The summed E-state index contributed by atoms with van der Waals surface area (Å²) in [7, 11) is 0. The van der Waals surface area contributed by atoms with E-state index >= 15 is 0 Å². The smallest absolute Gasteiger partial charge is 0.132 e. The predicted octanol–water partition coefficient (Wildman–Crippen LogP) is 4.99. The molecule has 0 unspecified atom stereocenters. The van der Waals surface area contributed by atoms with Crippen LogP contribution in [-0.2, 0) is 4.79 Å². The minimum Gasteiger partial charge on any atom is -0.390 e. The van der Waals surface area contributed by atoms with E-state index in [0.717, 1.165) is 55.3 Å². The summed E-state index contributed by atoms with van der Waals surface area (Å²) in [6.45, 7) is 6.36. The molecule has 0 aliphatic heterocycles. The molecule has 0 heterocycles. The average molecular weight is 333 g/mol. The second-order valence-corrected chi connectivity index (χ2v) is 10.5. The molecule has 2 nitrogen and oxygen atoms in total. The predicted molar refractivity (Wildman–Crippen MR) is 96.5 cm³/mol. The van der Waals surface area contributed by atoms with E-state index in [-0.39, 0.29) is 0 Å². The molecule has 0 amide bonds. The van der Waals surface area contributed by atoms with Crippen LogP contribution in [-0.4, -0.2) is 16.5 Å². The molecule has 4 rings (SSSR count). The molecular formula is C22H36O2. The molecule has 0 aromatic rings. The number of rotatable bonds is 1. The van der Waals surface area contributed by atoms with E-state index in [9.17, 15) is 9.90 Å². The van der Waals surface area contributed by atoms with E-state index < -0.39 is 5.60 Å². The second kappa shape index (κ2) is 5.83. The van der Waals surface area contributed by atoms with Crippen molar-refractivity contribution in [2.45, 2.75) is 90.6 Å². The van der Waals surface area contributed by atoms with E-state index in [0.29, 0.717) is 17.1 Å². The summed E-state index contributed by atoms with van der Waals surface area (Å²) < 4.78 is 0. The number of carbonyl (C=O) groups is 1. The molecule has 8 atom stereocenters. The van der Waals surface area contributed by atoms with Crippen LogP contribution in [0.25, 0.3) is 0 Å². The van der Waals surface area contributed by atoms with Crippen molar-refractivity contribution in [3.05, 3.63) is 0 Å². The number of aliphatic hydroxyl groups is 1. The van der Waals surface area contributed by atoms with Gasteiger partial charge in [0.15, 0.2) is 0 Å². The van der Waals surface area contributed by atoms with Gasteiger partial charge in [0.1, 0.15) is 5.78 Å². The molecule has 0 bridgehead atoms. The average Bonchev–Trinajstić information content (AvgIpc) is 2.52. The van der Waals surface area contributed by atoms with E-state index in [1.54, 1.807) is 6.92 Å². The highest BCUT2D eigenvalue weighted by Gasteiger charge is 2.54. The first-order valence-electron chi connectivity index (χ1n) is 10.5. The molecule has 136 valence electrons. The minimum atomic E-state index is -0.406. The van der Waals surface area contributed by atoms with Gasteiger partial charge in [0.25, 0.3) is 0 Å². The van der Waals surface area contributed by atoms with Crippen LogP contribution in [0.4, 0.5) is 0 Å². The first-order valence-corrected chi connectivity index (χ1v) is 10.5. The van der Waals surface area contributed by atoms with E-state index in [2.05, 4.69) is 13.8 Å². The van der Waals surface area contributed by atoms with Crippen LogP contribution in [0.15, 0.2) is 0 Å². The molecule has 0 radical (unpaired) electrons. The lowest BCUT2D eigenvalue weighted by Gasteiger charge is -2.59. The van der Waals surface area contributed by atoms with Gasteiger partial charge in [-0.1, -0.05) is 6.92 Å². The number of carbonyl (C=O) groups excluding carboxylic acids is 1. The van der Waals surface area contributed by atoms with Gasteiger partial charge in [-0.25, -0.2) is 0 Å². The fourth-order valence-corrected chi connectivity index (χ4v) is 7.68. The monoisotopic (exact) mass is 332 g/mol. The molecule has 4 aliphatic carbocycles. The Kier molecular flexibility index (Phi) is 4.14. The lowest BCUT2D eigenvalue weighted by molar-refractivity contribution is -0.133. The summed E-state index contributed by atoms with van der Waals surface area (Å²) in [4.78, 5) is 11.9. The molecule has 2 heteroatoms. The third kappa shape index (κ3) is 2.77. The van der Waals surface area contributed by atoms with Crippen LogP contribution >= 0.6 is 0 Å². The summed E-state index contributed by atoms with van der Waals surface area (Å²) >= 11 is 0. The van der Waals surface area contributed by atoms with Crippen molar-refractivity contribution in [1.29, 1.82) is 0 Å². The van der Waals surface area contributed by atoms with Crippen molar-refractivity contribution in [1.82, 2.24) is 0 Å². The van der Waals surface area contributed by atoms with Crippen molar-refractivity contribution < 1.29 is 9.90 Å². The van der Waals surface area contributed by atoms with Crippen molar-refractivity contribution >= 4 is 5.78 Å². The lowest BCUT2D eigenvalue weighted by atomic mass is 9.46. The zero-order valence-corrected chi connectivity index (χ0v) is 15.9. The van der Waals surface area contributed by atoms with Crippen molar-refractivity contribution in [3.63, 3.8) is 0 Å². The summed E-state index contributed by atoms with van der Waals surface area (Å²) in [5.74, 6) is 5.08. The highest BCUT2D eigenvalue weighted by atomic mass is 16.3. The van der Waals surface area contributed by atoms with Gasteiger partial charge in [0.2, 0.25) is 0 Å². The maximum absolute atomic E-state index is 11.9. The van der Waals surface area contributed by atoms with Crippen LogP contribution < -0.4 is 0 Å². The zero-order valence-electron chi connectivity index (χ0n) is 15.9. The second-order valence-electron chi connectivity index (χ2n) is 10.5. The molecule has 1 N–H and O–H groups in total. The number of hydrogen-bond acceptors (Lipinski definition) is 2. The zero-order chi connectivity index (χ0) is 17.1. The van der Waals surface area contributed by atoms with Crippen LogP contribution in [0.3, 0.4) is 0 Å². The minimum absolute atomic E-state index is 0.337. The molecular weight excluding hydrogens is 296 g/mol. The fourth-order valence-electron chi connectivity index (χ4n) is 7.68. The Morgan fingerprint density at radius 2 is 1.62 bits per heavy atom. The summed E-state index contributed by atoms with van der Waals surface area (Å²) in [5, 5.41) is 10.5. The molecule has 4 saturated carbocycles. The van der Waals surface area contributed by atoms with Crippen molar-refractivity contribution in [2.75, 3.05) is 0 Å². The Labute approximate surface area is 147 Å². The van der Waals surface area contributed by atoms with Gasteiger partial charge in [-0.3, -0.25) is 4.79 Å². The van der Waals surface area contributed by atoms with Crippen LogP contribution in [0.1, 0.15) is 85.0 Å². The summed E-state index contributed by atoms with van der Waals surface area (Å²) in [6, 6.07) is 0. The Morgan fingerprint density at radius 3 is 2.38 bits per heavy atom. The fraction of sp³-hybridized carbons (Fsp3) is 0.955. The van der Waals surface area contributed by atoms with Gasteiger partial charge in [0.05, 0.1) is 5.60 Å². The topological polar surface area (TPSA) is 37.3 Å². The molecule has 24 heavy (non-hydrogen) atoms. The maximum atomic E-state index is 11.9. The summed E-state index contributed by atoms with van der Waals surface area (Å²) in [5.41, 5.74) is 0.0134. The quantitative estimate of drug-likeness (QED) is 0.735. The van der Waals surface area contributed by atoms with E-state index in [1.807, 2.05) is 0 Å². The standard InChI is InChI=1S/C22H36O2/c1-14(23)15-5-7-20-19-6-4-16-13-22(3,24)11-9-17(16)18(19)8-10-21(20,2)12-15/h15-20,24H,4-13H2,1-3H3/t15-,16+,17-,18+,19+,20-,21+,22+/m0/s1. The van der Waals surface area contributed by atoms with E-state index in [4.69, 9.17) is 0 Å². The van der Waals surface area contributed by atoms with Gasteiger partial charge >= 0.3 is 0 Å². The molecule has 0 aromatic carbocycles. The largest absolute Gasteiger partial charge is 0.390 e. The van der Waals surface area contributed by atoms with Gasteiger partial charge in [-0.15, -0.1) is 0 Å².